The SMILES string of the molecule is CN1CCCC(Oc2cc3ncnc(Nc4ccc(OCc5ccccn5)c(Cl)c4)c3cc2[N+](=O)[O-])CC1. The minimum Gasteiger partial charge on any atom is -0.486 e. The molecule has 1 aliphatic heterocycles. The van der Waals surface area contributed by atoms with Crippen LogP contribution in [0.15, 0.2) is 61.1 Å². The van der Waals surface area contributed by atoms with Crippen LogP contribution in [0.1, 0.15) is 25.0 Å². The number of likely N-dealkylation sites (tertiary alicyclic amines) is 1. The van der Waals surface area contributed by atoms with E-state index in [1.807, 2.05) is 18.2 Å². The van der Waals surface area contributed by atoms with Crippen molar-refractivity contribution in [1.82, 2.24) is 19.9 Å². The number of pyridine rings is 1. The summed E-state index contributed by atoms with van der Waals surface area (Å²) in [5.41, 5.74) is 1.85. The van der Waals surface area contributed by atoms with E-state index in [2.05, 4.69) is 32.2 Å². The van der Waals surface area contributed by atoms with Gasteiger partial charge in [-0.1, -0.05) is 17.7 Å². The highest BCUT2D eigenvalue weighted by Crippen LogP contribution is 2.37. The minimum absolute atomic E-state index is 0.0870. The van der Waals surface area contributed by atoms with Gasteiger partial charge in [-0.2, -0.15) is 0 Å². The summed E-state index contributed by atoms with van der Waals surface area (Å²) < 4.78 is 11.9. The molecule has 196 valence electrons. The van der Waals surface area contributed by atoms with E-state index in [1.54, 1.807) is 30.5 Å². The van der Waals surface area contributed by atoms with Crippen molar-refractivity contribution in [2.45, 2.75) is 32.0 Å². The molecule has 1 saturated heterocycles. The number of nitrogens with one attached hydrogen (secondary N) is 1. The van der Waals surface area contributed by atoms with E-state index in [4.69, 9.17) is 21.1 Å². The standard InChI is InChI=1S/C27H27ClN6O4/c1-33-11-4-6-20(9-12-33)38-26-15-23-21(14-24(26)34(35)36)27(31-17-30-23)32-18-7-8-25(22(28)13-18)37-16-19-5-2-3-10-29-19/h2-3,5,7-8,10,13-15,17,20H,4,6,9,11-12,16H2,1H3,(H,30,31,32). The van der Waals surface area contributed by atoms with Crippen molar-refractivity contribution in [2.75, 3.05) is 25.5 Å². The molecule has 1 aliphatic rings. The zero-order valence-corrected chi connectivity index (χ0v) is 21.6. The monoisotopic (exact) mass is 534 g/mol. The predicted octanol–water partition coefficient (Wildman–Crippen LogP) is 5.77. The topological polar surface area (TPSA) is 116 Å². The molecule has 1 fully saturated rings. The van der Waals surface area contributed by atoms with Gasteiger partial charge in [0.05, 0.1) is 26.5 Å². The van der Waals surface area contributed by atoms with Crippen LogP contribution in [0.4, 0.5) is 17.2 Å². The van der Waals surface area contributed by atoms with Crippen molar-refractivity contribution < 1.29 is 14.4 Å². The summed E-state index contributed by atoms with van der Waals surface area (Å²) in [6.45, 7) is 2.16. The minimum atomic E-state index is -0.432. The molecule has 0 saturated carbocycles. The van der Waals surface area contributed by atoms with Gasteiger partial charge in [-0.25, -0.2) is 9.97 Å². The lowest BCUT2D eigenvalue weighted by atomic mass is 10.1. The molecule has 2 aromatic heterocycles. The van der Waals surface area contributed by atoms with Crippen LogP contribution >= 0.6 is 11.6 Å². The molecule has 0 radical (unpaired) electrons. The number of halogens is 1. The molecule has 10 nitrogen and oxygen atoms in total. The first-order valence-corrected chi connectivity index (χ1v) is 12.7. The normalized spacial score (nSPS) is 16.1. The third-order valence-corrected chi connectivity index (χ3v) is 6.70. The average molecular weight is 535 g/mol. The first-order valence-electron chi connectivity index (χ1n) is 12.3. The maximum absolute atomic E-state index is 12.0. The van der Waals surface area contributed by atoms with E-state index in [0.717, 1.165) is 38.0 Å². The fourth-order valence-corrected chi connectivity index (χ4v) is 4.62. The summed E-state index contributed by atoms with van der Waals surface area (Å²) in [4.78, 5) is 26.7. The van der Waals surface area contributed by atoms with Crippen LogP contribution in [0.2, 0.25) is 5.02 Å². The molecule has 3 heterocycles. The van der Waals surface area contributed by atoms with Crippen molar-refractivity contribution in [1.29, 1.82) is 0 Å². The zero-order valence-electron chi connectivity index (χ0n) is 20.8. The Hall–Kier alpha value is -4.02. The number of benzene rings is 2. The zero-order chi connectivity index (χ0) is 26.5. The second-order valence-corrected chi connectivity index (χ2v) is 9.58. The number of nitro benzene ring substituents is 1. The van der Waals surface area contributed by atoms with Crippen molar-refractivity contribution in [2.24, 2.45) is 0 Å². The Kier molecular flexibility index (Phi) is 7.81. The summed E-state index contributed by atoms with van der Waals surface area (Å²) in [6.07, 6.45) is 5.66. The van der Waals surface area contributed by atoms with Crippen molar-refractivity contribution in [3.63, 3.8) is 0 Å². The van der Waals surface area contributed by atoms with Gasteiger partial charge < -0.3 is 19.7 Å². The van der Waals surface area contributed by atoms with Gasteiger partial charge in [0.15, 0.2) is 5.75 Å². The first kappa shape index (κ1) is 25.6. The largest absolute Gasteiger partial charge is 0.486 e. The fraction of sp³-hybridized carbons (Fsp3) is 0.296. The smallest absolute Gasteiger partial charge is 0.311 e. The number of hydrogen-bond donors (Lipinski definition) is 1. The van der Waals surface area contributed by atoms with Gasteiger partial charge >= 0.3 is 5.69 Å². The second kappa shape index (κ2) is 11.6. The first-order chi connectivity index (χ1) is 18.5. The van der Waals surface area contributed by atoms with Gasteiger partial charge in [-0.05, 0) is 63.2 Å². The summed E-state index contributed by atoms with van der Waals surface area (Å²) in [6, 6.07) is 13.9. The van der Waals surface area contributed by atoms with E-state index in [-0.39, 0.29) is 24.1 Å². The highest BCUT2D eigenvalue weighted by Gasteiger charge is 2.24. The maximum Gasteiger partial charge on any atom is 0.311 e. The van der Waals surface area contributed by atoms with Crippen LogP contribution in [0.25, 0.3) is 10.9 Å². The number of fused-ring (bicyclic) bond motifs is 1. The molecule has 1 unspecified atom stereocenters. The lowest BCUT2D eigenvalue weighted by Gasteiger charge is -2.18. The molecule has 4 aromatic rings. The lowest BCUT2D eigenvalue weighted by molar-refractivity contribution is -0.385. The molecule has 5 rings (SSSR count). The van der Waals surface area contributed by atoms with Gasteiger partial charge in [-0.15, -0.1) is 0 Å². The predicted molar refractivity (Wildman–Crippen MR) is 145 cm³/mol. The van der Waals surface area contributed by atoms with E-state index in [9.17, 15) is 10.1 Å². The van der Waals surface area contributed by atoms with Crippen molar-refractivity contribution >= 4 is 39.7 Å². The Morgan fingerprint density at radius 1 is 1.11 bits per heavy atom. The Bertz CT molecular complexity index is 1440. The van der Waals surface area contributed by atoms with Gasteiger partial charge in [0, 0.05) is 30.6 Å². The van der Waals surface area contributed by atoms with E-state index in [1.165, 1.54) is 12.4 Å². The van der Waals surface area contributed by atoms with Crippen molar-refractivity contribution in [3.05, 3.63) is 81.9 Å². The summed E-state index contributed by atoms with van der Waals surface area (Å²) >= 11 is 6.45. The number of nitrogens with zero attached hydrogens (tertiary/aromatic N) is 5. The third kappa shape index (κ3) is 6.09. The van der Waals surface area contributed by atoms with Gasteiger partial charge in [-0.3, -0.25) is 15.1 Å². The molecule has 1 N–H and O–H groups in total. The molecule has 38 heavy (non-hydrogen) atoms. The van der Waals surface area contributed by atoms with Crippen LogP contribution in [-0.4, -0.2) is 51.0 Å². The van der Waals surface area contributed by atoms with Crippen LogP contribution in [-0.2, 0) is 6.61 Å². The average Bonchev–Trinajstić information content (AvgIpc) is 3.12. The van der Waals surface area contributed by atoms with E-state index >= 15 is 0 Å². The number of ether oxygens (including phenoxy) is 2. The quantitative estimate of drug-likeness (QED) is 0.222. The van der Waals surface area contributed by atoms with Gasteiger partial charge in [0.2, 0.25) is 0 Å². The maximum atomic E-state index is 12.0. The molecule has 2 aromatic carbocycles. The van der Waals surface area contributed by atoms with Crippen molar-refractivity contribution in [3.8, 4) is 11.5 Å². The van der Waals surface area contributed by atoms with Crippen LogP contribution in [0.5, 0.6) is 11.5 Å². The fourth-order valence-electron chi connectivity index (χ4n) is 4.38. The summed E-state index contributed by atoms with van der Waals surface area (Å²) in [7, 11) is 2.07. The van der Waals surface area contributed by atoms with E-state index < -0.39 is 4.92 Å². The number of aromatic nitrogens is 3. The molecular weight excluding hydrogens is 508 g/mol. The lowest BCUT2D eigenvalue weighted by Crippen LogP contribution is -2.21. The van der Waals surface area contributed by atoms with Crippen LogP contribution in [0.3, 0.4) is 0 Å². The Morgan fingerprint density at radius 2 is 2.00 bits per heavy atom. The van der Waals surface area contributed by atoms with Crippen LogP contribution in [0, 0.1) is 10.1 Å². The molecule has 0 spiro atoms. The summed E-state index contributed by atoms with van der Waals surface area (Å²) in [5.74, 6) is 1.15. The van der Waals surface area contributed by atoms with Gasteiger partial charge in [0.25, 0.3) is 0 Å². The highest BCUT2D eigenvalue weighted by molar-refractivity contribution is 6.32. The van der Waals surface area contributed by atoms with E-state index in [0.29, 0.717) is 33.2 Å². The molecule has 11 heteroatoms. The molecule has 0 amide bonds. The Labute approximate surface area is 224 Å². The Morgan fingerprint density at radius 3 is 2.79 bits per heavy atom. The number of anilines is 2. The highest BCUT2D eigenvalue weighted by atomic mass is 35.5. The number of rotatable bonds is 8. The molecule has 0 bridgehead atoms. The molecule has 1 atom stereocenters. The number of hydrogen-bond acceptors (Lipinski definition) is 9. The Balaban J connectivity index is 1.37. The summed E-state index contributed by atoms with van der Waals surface area (Å²) in [5, 5.41) is 16.1. The molecular formula is C27H27ClN6O4. The van der Waals surface area contributed by atoms with Gasteiger partial charge in [0.1, 0.15) is 30.6 Å². The van der Waals surface area contributed by atoms with Crippen LogP contribution < -0.4 is 14.8 Å². The molecule has 0 aliphatic carbocycles. The number of nitro groups is 1. The second-order valence-electron chi connectivity index (χ2n) is 9.17. The third-order valence-electron chi connectivity index (χ3n) is 6.40.